The van der Waals surface area contributed by atoms with Crippen LogP contribution in [0.5, 0.6) is 5.88 Å². The number of aromatic amines is 1. The summed E-state index contributed by atoms with van der Waals surface area (Å²) in [5, 5.41) is 0.382. The number of benzene rings is 1. The molecule has 0 bridgehead atoms. The van der Waals surface area contributed by atoms with Gasteiger partial charge >= 0.3 is 6.43 Å². The number of ether oxygens (including phenoxy) is 1. The molecular formula is C11H8F3NO2. The van der Waals surface area contributed by atoms with Gasteiger partial charge in [-0.2, -0.15) is 4.39 Å². The lowest BCUT2D eigenvalue weighted by molar-refractivity contribution is -0.0689. The van der Waals surface area contributed by atoms with Crippen molar-refractivity contribution in [3.05, 3.63) is 40.6 Å². The molecule has 1 heterocycles. The van der Waals surface area contributed by atoms with E-state index in [9.17, 15) is 18.0 Å². The van der Waals surface area contributed by atoms with Crippen LogP contribution >= 0.6 is 0 Å². The zero-order chi connectivity index (χ0) is 12.4. The first kappa shape index (κ1) is 11.5. The molecule has 0 aliphatic rings. The van der Waals surface area contributed by atoms with E-state index < -0.39 is 18.2 Å². The molecule has 0 saturated carbocycles. The van der Waals surface area contributed by atoms with E-state index in [-0.39, 0.29) is 5.88 Å². The van der Waals surface area contributed by atoms with Crippen LogP contribution in [0.1, 0.15) is 0 Å². The average molecular weight is 243 g/mol. The van der Waals surface area contributed by atoms with E-state index in [2.05, 4.69) is 9.72 Å². The number of para-hydroxylation sites is 1. The van der Waals surface area contributed by atoms with Gasteiger partial charge in [0.05, 0.1) is 5.52 Å². The number of aromatic nitrogens is 1. The van der Waals surface area contributed by atoms with Gasteiger partial charge in [0.1, 0.15) is 0 Å². The van der Waals surface area contributed by atoms with Crippen molar-refractivity contribution in [1.29, 1.82) is 0 Å². The molecule has 0 aliphatic heterocycles. The first-order valence-electron chi connectivity index (χ1n) is 4.79. The number of pyridine rings is 1. The minimum absolute atomic E-state index is 0.318. The maximum atomic E-state index is 12.6. The Kier molecular flexibility index (Phi) is 3.03. The Bertz CT molecular complexity index is 582. The molecule has 1 N–H and O–H groups in total. The molecule has 1 aromatic carbocycles. The van der Waals surface area contributed by atoms with Gasteiger partial charge in [-0.05, 0) is 12.1 Å². The Balaban J connectivity index is 2.40. The second-order valence-corrected chi connectivity index (χ2v) is 3.35. The molecule has 90 valence electrons. The highest BCUT2D eigenvalue weighted by atomic mass is 19.3. The Morgan fingerprint density at radius 1 is 1.18 bits per heavy atom. The van der Waals surface area contributed by atoms with E-state index in [0.29, 0.717) is 10.9 Å². The molecule has 0 radical (unpaired) electrons. The van der Waals surface area contributed by atoms with Crippen molar-refractivity contribution in [2.75, 3.05) is 0 Å². The molecular weight excluding hydrogens is 235 g/mol. The summed E-state index contributed by atoms with van der Waals surface area (Å²) < 4.78 is 40.8. The summed E-state index contributed by atoms with van der Waals surface area (Å²) in [5.41, 5.74) is -0.0210. The smallest absolute Gasteiger partial charge is 0.304 e. The van der Waals surface area contributed by atoms with Gasteiger partial charge in [-0.25, -0.2) is 8.78 Å². The van der Waals surface area contributed by atoms with E-state index in [1.54, 1.807) is 24.3 Å². The third-order valence-corrected chi connectivity index (χ3v) is 2.15. The molecule has 17 heavy (non-hydrogen) atoms. The number of nitrogens with one attached hydrogen (secondary N) is 1. The quantitative estimate of drug-likeness (QED) is 0.899. The van der Waals surface area contributed by atoms with Crippen LogP contribution < -0.4 is 10.2 Å². The molecule has 1 atom stereocenters. The minimum atomic E-state index is -3.26. The summed E-state index contributed by atoms with van der Waals surface area (Å²) in [4.78, 5) is 14.1. The van der Waals surface area contributed by atoms with Gasteiger partial charge in [0.25, 0.3) is 6.36 Å². The Hall–Kier alpha value is -1.98. The normalized spacial score (nSPS) is 12.9. The van der Waals surface area contributed by atoms with Gasteiger partial charge in [0.2, 0.25) is 0 Å². The Morgan fingerprint density at radius 3 is 2.59 bits per heavy atom. The second kappa shape index (κ2) is 4.48. The monoisotopic (exact) mass is 243 g/mol. The van der Waals surface area contributed by atoms with Crippen LogP contribution in [-0.2, 0) is 0 Å². The van der Waals surface area contributed by atoms with Crippen LogP contribution in [-0.4, -0.2) is 17.8 Å². The largest absolute Gasteiger partial charge is 0.439 e. The summed E-state index contributed by atoms with van der Waals surface area (Å²) in [6, 6.07) is 7.39. The minimum Gasteiger partial charge on any atom is -0.439 e. The van der Waals surface area contributed by atoms with E-state index in [1.165, 1.54) is 0 Å². The topological polar surface area (TPSA) is 42.1 Å². The molecule has 0 fully saturated rings. The van der Waals surface area contributed by atoms with E-state index in [4.69, 9.17) is 0 Å². The fraction of sp³-hybridized carbons (Fsp3) is 0.182. The van der Waals surface area contributed by atoms with Gasteiger partial charge in [0, 0.05) is 11.5 Å². The summed E-state index contributed by atoms with van der Waals surface area (Å²) in [6.45, 7) is 0. The zero-order valence-electron chi connectivity index (χ0n) is 8.49. The van der Waals surface area contributed by atoms with Gasteiger partial charge in [-0.15, -0.1) is 0 Å². The standard InChI is InChI=1S/C11H8F3NO2/c12-10(13)11(14)17-9-5-8(16)6-3-1-2-4-7(6)15-9/h1-5,10-11H,(H,15,16). The predicted octanol–water partition coefficient (Wildman–Crippen LogP) is 2.47. The summed E-state index contributed by atoms with van der Waals surface area (Å²) in [7, 11) is 0. The molecule has 1 aromatic heterocycles. The van der Waals surface area contributed by atoms with Gasteiger partial charge in [-0.3, -0.25) is 4.79 Å². The highest BCUT2D eigenvalue weighted by molar-refractivity contribution is 5.78. The summed E-state index contributed by atoms with van der Waals surface area (Å²) in [5.74, 6) is -0.318. The fourth-order valence-electron chi connectivity index (χ4n) is 1.41. The number of halogens is 3. The third kappa shape index (κ3) is 2.41. The van der Waals surface area contributed by atoms with E-state index in [1.807, 2.05) is 0 Å². The molecule has 0 aliphatic carbocycles. The first-order valence-corrected chi connectivity index (χ1v) is 4.79. The van der Waals surface area contributed by atoms with Crippen LogP contribution in [0.15, 0.2) is 35.1 Å². The zero-order valence-corrected chi connectivity index (χ0v) is 8.49. The van der Waals surface area contributed by atoms with Crippen LogP contribution in [0, 0.1) is 0 Å². The van der Waals surface area contributed by atoms with Crippen LogP contribution in [0.4, 0.5) is 13.2 Å². The van der Waals surface area contributed by atoms with Crippen molar-refractivity contribution >= 4 is 10.9 Å². The number of hydrogen-bond acceptors (Lipinski definition) is 2. The number of rotatable bonds is 3. The predicted molar refractivity (Wildman–Crippen MR) is 56.1 cm³/mol. The molecule has 0 saturated heterocycles. The highest BCUT2D eigenvalue weighted by Gasteiger charge is 2.21. The molecule has 6 heteroatoms. The lowest BCUT2D eigenvalue weighted by Crippen LogP contribution is -2.21. The number of H-pyrrole nitrogens is 1. The van der Waals surface area contributed by atoms with Crippen LogP contribution in [0.3, 0.4) is 0 Å². The van der Waals surface area contributed by atoms with Gasteiger partial charge in [-0.1, -0.05) is 12.1 Å². The summed E-state index contributed by atoms with van der Waals surface area (Å²) >= 11 is 0. The molecule has 0 spiro atoms. The van der Waals surface area contributed by atoms with Crippen molar-refractivity contribution < 1.29 is 17.9 Å². The maximum absolute atomic E-state index is 12.6. The second-order valence-electron chi connectivity index (χ2n) is 3.35. The number of alkyl halides is 3. The lowest BCUT2D eigenvalue weighted by atomic mass is 10.2. The first-order chi connectivity index (χ1) is 8.08. The highest BCUT2D eigenvalue weighted by Crippen LogP contribution is 2.15. The van der Waals surface area contributed by atoms with Crippen molar-refractivity contribution in [3.63, 3.8) is 0 Å². The Labute approximate surface area is 93.8 Å². The molecule has 2 aromatic rings. The van der Waals surface area contributed by atoms with Crippen LogP contribution in [0.2, 0.25) is 0 Å². The maximum Gasteiger partial charge on any atom is 0.304 e. The number of hydrogen-bond donors (Lipinski definition) is 1. The molecule has 2 rings (SSSR count). The summed E-state index contributed by atoms with van der Waals surface area (Å²) in [6.07, 6.45) is -6.02. The van der Waals surface area contributed by atoms with Gasteiger partial charge < -0.3 is 9.72 Å². The van der Waals surface area contributed by atoms with Crippen molar-refractivity contribution in [1.82, 2.24) is 4.98 Å². The van der Waals surface area contributed by atoms with Crippen LogP contribution in [0.25, 0.3) is 10.9 Å². The third-order valence-electron chi connectivity index (χ3n) is 2.15. The molecule has 3 nitrogen and oxygen atoms in total. The SMILES string of the molecule is O=c1cc(OC(F)C(F)F)[nH]c2ccccc12. The molecule has 0 amide bonds. The van der Waals surface area contributed by atoms with Crippen molar-refractivity contribution in [2.45, 2.75) is 12.8 Å². The Morgan fingerprint density at radius 2 is 1.88 bits per heavy atom. The lowest BCUT2D eigenvalue weighted by Gasteiger charge is -2.10. The van der Waals surface area contributed by atoms with E-state index >= 15 is 0 Å². The van der Waals surface area contributed by atoms with E-state index in [0.717, 1.165) is 6.07 Å². The average Bonchev–Trinajstić information content (AvgIpc) is 2.29. The number of fused-ring (bicyclic) bond motifs is 1. The van der Waals surface area contributed by atoms with Crippen molar-refractivity contribution in [3.8, 4) is 5.88 Å². The van der Waals surface area contributed by atoms with Crippen molar-refractivity contribution in [2.24, 2.45) is 0 Å². The molecule has 1 unspecified atom stereocenters. The van der Waals surface area contributed by atoms with Gasteiger partial charge in [0.15, 0.2) is 11.3 Å². The fourth-order valence-corrected chi connectivity index (χ4v) is 1.41.